The molecule has 0 aliphatic carbocycles. The third-order valence-electron chi connectivity index (χ3n) is 3.84. The number of halogens is 1. The molecule has 1 saturated heterocycles. The topological polar surface area (TPSA) is 61.4 Å². The molecule has 0 saturated carbocycles. The highest BCUT2D eigenvalue weighted by molar-refractivity contribution is 7.99. The van der Waals surface area contributed by atoms with E-state index in [4.69, 9.17) is 11.6 Å². The van der Waals surface area contributed by atoms with Crippen LogP contribution < -0.4 is 10.2 Å². The highest BCUT2D eigenvalue weighted by Gasteiger charge is 2.17. The van der Waals surface area contributed by atoms with Crippen molar-refractivity contribution < 1.29 is 4.79 Å². The van der Waals surface area contributed by atoms with Crippen LogP contribution in [0.4, 0.5) is 5.82 Å². The predicted octanol–water partition coefficient (Wildman–Crippen LogP) is 1.89. The van der Waals surface area contributed by atoms with Crippen LogP contribution >= 0.6 is 23.4 Å². The van der Waals surface area contributed by atoms with Gasteiger partial charge in [0.15, 0.2) is 5.16 Å². The van der Waals surface area contributed by atoms with E-state index >= 15 is 0 Å². The fourth-order valence-electron chi connectivity index (χ4n) is 2.20. The first kappa shape index (κ1) is 18.3. The molecule has 1 amide bonds. The quantitative estimate of drug-likeness (QED) is 0.476. The smallest absolute Gasteiger partial charge is 0.230 e. The van der Waals surface area contributed by atoms with Crippen molar-refractivity contribution in [1.82, 2.24) is 20.2 Å². The normalized spacial score (nSPS) is 17.1. The molecule has 0 aromatic carbocycles. The Morgan fingerprint density at radius 1 is 1.39 bits per heavy atom. The molecule has 1 aromatic heterocycles. The molecule has 1 fully saturated rings. The summed E-state index contributed by atoms with van der Waals surface area (Å²) in [4.78, 5) is 25.1. The number of hydrogen-bond donors (Lipinski definition) is 1. The minimum atomic E-state index is -0.00549. The molecule has 0 bridgehead atoms. The lowest BCUT2D eigenvalue weighted by atomic mass is 10.3. The second kappa shape index (κ2) is 8.70. The van der Waals surface area contributed by atoms with Gasteiger partial charge in [-0.3, -0.25) is 4.79 Å². The van der Waals surface area contributed by atoms with E-state index in [-0.39, 0.29) is 11.9 Å². The van der Waals surface area contributed by atoms with Crippen LogP contribution in [0.2, 0.25) is 5.15 Å². The number of nitrogens with zero attached hydrogens (tertiary/aromatic N) is 4. The SMILES string of the molecule is CCC(C)NC(=O)CSc1nc(Cl)cc(N2CCN(C)CC2)n1. The van der Waals surface area contributed by atoms with Gasteiger partial charge >= 0.3 is 0 Å². The summed E-state index contributed by atoms with van der Waals surface area (Å²) in [5.41, 5.74) is 0. The Morgan fingerprint density at radius 3 is 2.74 bits per heavy atom. The first-order chi connectivity index (χ1) is 11.0. The Morgan fingerprint density at radius 2 is 2.09 bits per heavy atom. The van der Waals surface area contributed by atoms with Gasteiger partial charge in [0, 0.05) is 38.3 Å². The summed E-state index contributed by atoms with van der Waals surface area (Å²) in [6.45, 7) is 7.87. The minimum absolute atomic E-state index is 0.00549. The van der Waals surface area contributed by atoms with E-state index in [9.17, 15) is 4.79 Å². The molecule has 6 nitrogen and oxygen atoms in total. The van der Waals surface area contributed by atoms with Crippen LogP contribution in [-0.4, -0.2) is 65.8 Å². The van der Waals surface area contributed by atoms with Crippen molar-refractivity contribution in [3.8, 4) is 0 Å². The molecule has 23 heavy (non-hydrogen) atoms. The van der Waals surface area contributed by atoms with Crippen molar-refractivity contribution in [2.75, 3.05) is 43.9 Å². The van der Waals surface area contributed by atoms with Gasteiger partial charge in [-0.2, -0.15) is 0 Å². The number of piperazine rings is 1. The van der Waals surface area contributed by atoms with E-state index in [1.807, 2.05) is 13.8 Å². The molecule has 1 aromatic rings. The Bertz CT molecular complexity index is 537. The summed E-state index contributed by atoms with van der Waals surface area (Å²) in [5.74, 6) is 1.13. The molecule has 2 heterocycles. The first-order valence-electron chi connectivity index (χ1n) is 7.88. The van der Waals surface area contributed by atoms with Crippen LogP contribution in [0.25, 0.3) is 0 Å². The fourth-order valence-corrected chi connectivity index (χ4v) is 3.09. The summed E-state index contributed by atoms with van der Waals surface area (Å²) in [5, 5.41) is 3.90. The Balaban J connectivity index is 1.96. The van der Waals surface area contributed by atoms with Gasteiger partial charge in [0.25, 0.3) is 0 Å². The van der Waals surface area contributed by atoms with Crippen LogP contribution in [0.1, 0.15) is 20.3 Å². The van der Waals surface area contributed by atoms with Crippen molar-refractivity contribution in [3.05, 3.63) is 11.2 Å². The lowest BCUT2D eigenvalue weighted by Crippen LogP contribution is -2.44. The zero-order valence-corrected chi connectivity index (χ0v) is 15.5. The maximum Gasteiger partial charge on any atom is 0.230 e. The highest BCUT2D eigenvalue weighted by Crippen LogP contribution is 2.22. The number of nitrogens with one attached hydrogen (secondary N) is 1. The van der Waals surface area contributed by atoms with E-state index in [2.05, 4.69) is 32.1 Å². The van der Waals surface area contributed by atoms with Gasteiger partial charge in [0.05, 0.1) is 5.75 Å². The Kier molecular flexibility index (Phi) is 6.92. The van der Waals surface area contributed by atoms with Crippen molar-refractivity contribution in [2.45, 2.75) is 31.5 Å². The molecule has 0 spiro atoms. The van der Waals surface area contributed by atoms with Gasteiger partial charge in [0.2, 0.25) is 5.91 Å². The number of rotatable bonds is 6. The molecular weight excluding hydrogens is 334 g/mol. The van der Waals surface area contributed by atoms with Crippen LogP contribution in [0, 0.1) is 0 Å². The van der Waals surface area contributed by atoms with Gasteiger partial charge in [-0.25, -0.2) is 9.97 Å². The van der Waals surface area contributed by atoms with E-state index < -0.39 is 0 Å². The monoisotopic (exact) mass is 357 g/mol. The van der Waals surface area contributed by atoms with Gasteiger partial charge in [-0.15, -0.1) is 0 Å². The van der Waals surface area contributed by atoms with Crippen molar-refractivity contribution in [2.24, 2.45) is 0 Å². The summed E-state index contributed by atoms with van der Waals surface area (Å²) < 4.78 is 0. The zero-order valence-electron chi connectivity index (χ0n) is 13.9. The van der Waals surface area contributed by atoms with Gasteiger partial charge < -0.3 is 15.1 Å². The van der Waals surface area contributed by atoms with E-state index in [0.717, 1.165) is 38.4 Å². The fraction of sp³-hybridized carbons (Fsp3) is 0.667. The Labute approximate surface area is 147 Å². The first-order valence-corrected chi connectivity index (χ1v) is 9.24. The average molecular weight is 358 g/mol. The number of amides is 1. The Hall–Kier alpha value is -1.05. The van der Waals surface area contributed by atoms with E-state index in [1.54, 1.807) is 6.07 Å². The van der Waals surface area contributed by atoms with E-state index in [1.165, 1.54) is 11.8 Å². The van der Waals surface area contributed by atoms with Crippen LogP contribution in [-0.2, 0) is 4.79 Å². The number of carbonyl (C=O) groups excluding carboxylic acids is 1. The van der Waals surface area contributed by atoms with Crippen molar-refractivity contribution in [1.29, 1.82) is 0 Å². The lowest BCUT2D eigenvalue weighted by Gasteiger charge is -2.33. The van der Waals surface area contributed by atoms with Crippen LogP contribution in [0.5, 0.6) is 0 Å². The standard InChI is InChI=1S/C15H24ClN5OS/c1-4-11(2)17-14(22)10-23-15-18-12(16)9-13(19-15)21-7-5-20(3)6-8-21/h9,11H,4-8,10H2,1-3H3,(H,17,22). The number of hydrogen-bond acceptors (Lipinski definition) is 6. The number of likely N-dealkylation sites (N-methyl/N-ethyl adjacent to an activating group) is 1. The predicted molar refractivity (Wildman–Crippen MR) is 95.4 cm³/mol. The molecular formula is C15H24ClN5OS. The summed E-state index contributed by atoms with van der Waals surface area (Å²) in [6, 6.07) is 1.97. The number of anilines is 1. The largest absolute Gasteiger partial charge is 0.354 e. The molecule has 1 unspecified atom stereocenters. The zero-order chi connectivity index (χ0) is 16.8. The third-order valence-corrected chi connectivity index (χ3v) is 4.88. The van der Waals surface area contributed by atoms with Crippen LogP contribution in [0.3, 0.4) is 0 Å². The second-order valence-corrected chi connectivity index (χ2v) is 7.12. The molecule has 0 radical (unpaired) electrons. The maximum absolute atomic E-state index is 11.9. The summed E-state index contributed by atoms with van der Waals surface area (Å²) in [6.07, 6.45) is 0.914. The average Bonchev–Trinajstić information content (AvgIpc) is 2.53. The van der Waals surface area contributed by atoms with Gasteiger partial charge in [-0.05, 0) is 20.4 Å². The number of aromatic nitrogens is 2. The molecule has 2 rings (SSSR count). The van der Waals surface area contributed by atoms with E-state index in [0.29, 0.717) is 16.1 Å². The summed E-state index contributed by atoms with van der Waals surface area (Å²) >= 11 is 7.44. The number of thioether (sulfide) groups is 1. The summed E-state index contributed by atoms with van der Waals surface area (Å²) in [7, 11) is 2.11. The molecule has 1 atom stereocenters. The van der Waals surface area contributed by atoms with Crippen LogP contribution in [0.15, 0.2) is 11.2 Å². The third kappa shape index (κ3) is 5.82. The molecule has 1 aliphatic rings. The maximum atomic E-state index is 11.9. The molecule has 1 N–H and O–H groups in total. The second-order valence-electron chi connectivity index (χ2n) is 5.79. The molecule has 128 valence electrons. The molecule has 1 aliphatic heterocycles. The minimum Gasteiger partial charge on any atom is -0.354 e. The lowest BCUT2D eigenvalue weighted by molar-refractivity contribution is -0.119. The highest BCUT2D eigenvalue weighted by atomic mass is 35.5. The molecule has 8 heteroatoms. The van der Waals surface area contributed by atoms with Crippen molar-refractivity contribution in [3.63, 3.8) is 0 Å². The van der Waals surface area contributed by atoms with Gasteiger partial charge in [-0.1, -0.05) is 30.3 Å². The van der Waals surface area contributed by atoms with Gasteiger partial charge in [0.1, 0.15) is 11.0 Å². The number of carbonyl (C=O) groups is 1. The van der Waals surface area contributed by atoms with Crippen molar-refractivity contribution >= 4 is 35.1 Å².